The van der Waals surface area contributed by atoms with Gasteiger partial charge in [0.05, 0.1) is 6.61 Å². The van der Waals surface area contributed by atoms with Gasteiger partial charge in [0, 0.05) is 24.0 Å². The molecule has 1 aromatic rings. The van der Waals surface area contributed by atoms with Crippen LogP contribution in [-0.2, 0) is 0 Å². The number of ether oxygens (including phenoxy) is 1. The summed E-state index contributed by atoms with van der Waals surface area (Å²) in [6, 6.07) is 5.91. The van der Waals surface area contributed by atoms with E-state index in [0.717, 1.165) is 5.75 Å². The maximum absolute atomic E-state index is 8.80. The highest BCUT2D eigenvalue weighted by Crippen LogP contribution is 2.39. The van der Waals surface area contributed by atoms with Crippen LogP contribution in [0.3, 0.4) is 0 Å². The van der Waals surface area contributed by atoms with E-state index >= 15 is 0 Å². The summed E-state index contributed by atoms with van der Waals surface area (Å²) in [5, 5.41) is 9.50. The lowest BCUT2D eigenvalue weighted by molar-refractivity contribution is 0.233. The van der Waals surface area contributed by atoms with Gasteiger partial charge in [0.15, 0.2) is 0 Å². The molecule has 2 rings (SSSR count). The second-order valence-electron chi connectivity index (χ2n) is 5.45. The SMILES string of the molecule is C=CC(c1cc(Cl)cc(OCCCO)c1)C1CCCC1. The highest BCUT2D eigenvalue weighted by Gasteiger charge is 2.24. The van der Waals surface area contributed by atoms with Crippen LogP contribution in [0.1, 0.15) is 43.6 Å². The van der Waals surface area contributed by atoms with Crippen molar-refractivity contribution in [3.63, 3.8) is 0 Å². The topological polar surface area (TPSA) is 29.5 Å². The van der Waals surface area contributed by atoms with Crippen LogP contribution in [0.4, 0.5) is 0 Å². The minimum Gasteiger partial charge on any atom is -0.493 e. The molecule has 1 atom stereocenters. The van der Waals surface area contributed by atoms with Crippen LogP contribution in [0.15, 0.2) is 30.9 Å². The zero-order valence-electron chi connectivity index (χ0n) is 11.9. The maximum atomic E-state index is 8.80. The molecule has 0 bridgehead atoms. The van der Waals surface area contributed by atoms with E-state index in [1.807, 2.05) is 18.2 Å². The molecular formula is C17H23ClO2. The van der Waals surface area contributed by atoms with Crippen LogP contribution in [0.25, 0.3) is 0 Å². The van der Waals surface area contributed by atoms with E-state index in [9.17, 15) is 0 Å². The standard InChI is InChI=1S/C17H23ClO2/c1-2-17(13-6-3-4-7-13)14-10-15(18)12-16(11-14)20-9-5-8-19/h2,10-13,17,19H,1,3-9H2. The lowest BCUT2D eigenvalue weighted by atomic mass is 9.85. The van der Waals surface area contributed by atoms with Gasteiger partial charge in [-0.1, -0.05) is 30.5 Å². The average molecular weight is 295 g/mol. The van der Waals surface area contributed by atoms with E-state index < -0.39 is 0 Å². The van der Waals surface area contributed by atoms with Crippen molar-refractivity contribution in [1.29, 1.82) is 0 Å². The zero-order valence-corrected chi connectivity index (χ0v) is 12.6. The van der Waals surface area contributed by atoms with Crippen molar-refractivity contribution in [3.05, 3.63) is 41.4 Å². The van der Waals surface area contributed by atoms with Gasteiger partial charge in [-0.05, 0) is 42.5 Å². The number of benzene rings is 1. The second kappa shape index (κ2) is 7.70. The molecule has 20 heavy (non-hydrogen) atoms. The molecule has 0 aliphatic heterocycles. The van der Waals surface area contributed by atoms with Crippen LogP contribution < -0.4 is 4.74 Å². The van der Waals surface area contributed by atoms with Gasteiger partial charge in [0.2, 0.25) is 0 Å². The molecule has 0 spiro atoms. The molecule has 1 aliphatic rings. The van der Waals surface area contributed by atoms with Crippen LogP contribution in [0, 0.1) is 5.92 Å². The minimum atomic E-state index is 0.144. The Morgan fingerprint density at radius 1 is 1.35 bits per heavy atom. The molecule has 0 aromatic heterocycles. The molecule has 1 aromatic carbocycles. The number of halogens is 1. The number of hydrogen-bond donors (Lipinski definition) is 1. The van der Waals surface area contributed by atoms with Gasteiger partial charge in [0.25, 0.3) is 0 Å². The predicted octanol–water partition coefficient (Wildman–Crippen LogP) is 4.56. The van der Waals surface area contributed by atoms with E-state index in [1.165, 1.54) is 31.2 Å². The zero-order chi connectivity index (χ0) is 14.4. The predicted molar refractivity (Wildman–Crippen MR) is 83.5 cm³/mol. The van der Waals surface area contributed by atoms with E-state index in [4.69, 9.17) is 21.4 Å². The van der Waals surface area contributed by atoms with Crippen molar-refractivity contribution >= 4 is 11.6 Å². The first-order chi connectivity index (χ1) is 9.74. The molecule has 2 nitrogen and oxygen atoms in total. The average Bonchev–Trinajstić information content (AvgIpc) is 2.93. The first kappa shape index (κ1) is 15.4. The van der Waals surface area contributed by atoms with E-state index in [-0.39, 0.29) is 6.61 Å². The summed E-state index contributed by atoms with van der Waals surface area (Å²) in [5.41, 5.74) is 1.19. The van der Waals surface area contributed by atoms with Gasteiger partial charge >= 0.3 is 0 Å². The second-order valence-corrected chi connectivity index (χ2v) is 5.89. The summed E-state index contributed by atoms with van der Waals surface area (Å²) in [5.74, 6) is 1.82. The molecule has 0 amide bonds. The molecular weight excluding hydrogens is 272 g/mol. The van der Waals surface area contributed by atoms with E-state index in [2.05, 4.69) is 12.6 Å². The molecule has 110 valence electrons. The normalized spacial score (nSPS) is 17.1. The van der Waals surface area contributed by atoms with Gasteiger partial charge in [-0.15, -0.1) is 6.58 Å². The van der Waals surface area contributed by atoms with Crippen molar-refractivity contribution in [2.75, 3.05) is 13.2 Å². The smallest absolute Gasteiger partial charge is 0.121 e. The quantitative estimate of drug-likeness (QED) is 0.590. The van der Waals surface area contributed by atoms with Gasteiger partial charge in [-0.25, -0.2) is 0 Å². The maximum Gasteiger partial charge on any atom is 0.121 e. The fraction of sp³-hybridized carbons (Fsp3) is 0.529. The Labute approximate surface area is 126 Å². The summed E-state index contributed by atoms with van der Waals surface area (Å²) >= 11 is 6.21. The third-order valence-corrected chi connectivity index (χ3v) is 4.23. The third kappa shape index (κ3) is 4.00. The summed E-state index contributed by atoms with van der Waals surface area (Å²) < 4.78 is 5.65. The summed E-state index contributed by atoms with van der Waals surface area (Å²) in [7, 11) is 0. The van der Waals surface area contributed by atoms with E-state index in [0.29, 0.717) is 29.9 Å². The molecule has 1 saturated carbocycles. The van der Waals surface area contributed by atoms with Crippen LogP contribution in [0.5, 0.6) is 5.75 Å². The lowest BCUT2D eigenvalue weighted by Crippen LogP contribution is -2.08. The van der Waals surface area contributed by atoms with Gasteiger partial charge < -0.3 is 9.84 Å². The Kier molecular flexibility index (Phi) is 5.93. The highest BCUT2D eigenvalue weighted by atomic mass is 35.5. The number of hydrogen-bond acceptors (Lipinski definition) is 2. The van der Waals surface area contributed by atoms with Crippen molar-refractivity contribution in [3.8, 4) is 5.75 Å². The summed E-state index contributed by atoms with van der Waals surface area (Å²) in [4.78, 5) is 0. The van der Waals surface area contributed by atoms with Crippen LogP contribution in [-0.4, -0.2) is 18.3 Å². The van der Waals surface area contributed by atoms with E-state index in [1.54, 1.807) is 0 Å². The van der Waals surface area contributed by atoms with Crippen LogP contribution >= 0.6 is 11.6 Å². The summed E-state index contributed by atoms with van der Waals surface area (Å²) in [6.45, 7) is 4.66. The van der Waals surface area contributed by atoms with Gasteiger partial charge in [0.1, 0.15) is 5.75 Å². The van der Waals surface area contributed by atoms with Crippen molar-refractivity contribution < 1.29 is 9.84 Å². The molecule has 0 radical (unpaired) electrons. The van der Waals surface area contributed by atoms with Crippen molar-refractivity contribution in [2.24, 2.45) is 5.92 Å². The Balaban J connectivity index is 2.14. The first-order valence-corrected chi connectivity index (χ1v) is 7.79. The highest BCUT2D eigenvalue weighted by molar-refractivity contribution is 6.30. The third-order valence-electron chi connectivity index (χ3n) is 4.01. The minimum absolute atomic E-state index is 0.144. The largest absolute Gasteiger partial charge is 0.493 e. The number of aliphatic hydroxyl groups excluding tert-OH is 1. The fourth-order valence-electron chi connectivity index (χ4n) is 3.03. The molecule has 3 heteroatoms. The number of allylic oxidation sites excluding steroid dienone is 1. The number of aliphatic hydroxyl groups is 1. The van der Waals surface area contributed by atoms with Gasteiger partial charge in [-0.2, -0.15) is 0 Å². The number of rotatable bonds is 7. The van der Waals surface area contributed by atoms with Crippen LogP contribution in [0.2, 0.25) is 5.02 Å². The van der Waals surface area contributed by atoms with Crippen molar-refractivity contribution in [2.45, 2.75) is 38.0 Å². The van der Waals surface area contributed by atoms with Gasteiger partial charge in [-0.3, -0.25) is 0 Å². The Bertz CT molecular complexity index is 439. The van der Waals surface area contributed by atoms with Crippen molar-refractivity contribution in [1.82, 2.24) is 0 Å². The lowest BCUT2D eigenvalue weighted by Gasteiger charge is -2.21. The molecule has 1 fully saturated rings. The molecule has 0 saturated heterocycles. The fourth-order valence-corrected chi connectivity index (χ4v) is 3.27. The molecule has 1 unspecified atom stereocenters. The summed E-state index contributed by atoms with van der Waals surface area (Å²) in [6.07, 6.45) is 7.84. The molecule has 1 aliphatic carbocycles. The molecule has 1 N–H and O–H groups in total. The Morgan fingerprint density at radius 3 is 2.75 bits per heavy atom. The molecule has 0 heterocycles. The Morgan fingerprint density at radius 2 is 2.10 bits per heavy atom. The monoisotopic (exact) mass is 294 g/mol. The Hall–Kier alpha value is -0.990. The first-order valence-electron chi connectivity index (χ1n) is 7.41.